The number of nitrogens with zero attached hydrogens (tertiary/aromatic N) is 2. The molecule has 2 aliphatic rings. The zero-order valence-electron chi connectivity index (χ0n) is 18.5. The normalized spacial score (nSPS) is 16.8. The zero-order chi connectivity index (χ0) is 21.4. The summed E-state index contributed by atoms with van der Waals surface area (Å²) in [5, 5.41) is 1.05. The lowest BCUT2D eigenvalue weighted by molar-refractivity contribution is 0.0998. The van der Waals surface area contributed by atoms with Crippen molar-refractivity contribution in [3.8, 4) is 11.5 Å². The number of anilines is 1. The van der Waals surface area contributed by atoms with Crippen molar-refractivity contribution in [3.05, 3.63) is 52.9 Å². The second kappa shape index (κ2) is 9.69. The fourth-order valence-electron chi connectivity index (χ4n) is 4.52. The molecule has 3 heterocycles. The van der Waals surface area contributed by atoms with E-state index in [0.717, 1.165) is 47.1 Å². The Labute approximate surface area is 199 Å². The fraction of sp³-hybridized carbons (Fsp3) is 0.400. The molecule has 0 N–H and O–H groups in total. The van der Waals surface area contributed by atoms with Gasteiger partial charge in [0.15, 0.2) is 11.5 Å². The number of hydrogen-bond donors (Lipinski definition) is 0. The number of ether oxygens (including phenoxy) is 2. The van der Waals surface area contributed by atoms with E-state index in [1.807, 2.05) is 41.3 Å². The minimum absolute atomic E-state index is 0. The summed E-state index contributed by atoms with van der Waals surface area (Å²) in [4.78, 5) is 18.7. The number of amides is 1. The van der Waals surface area contributed by atoms with Crippen LogP contribution in [0, 0.1) is 5.92 Å². The van der Waals surface area contributed by atoms with Crippen LogP contribution in [0.5, 0.6) is 11.5 Å². The van der Waals surface area contributed by atoms with Gasteiger partial charge in [-0.05, 0) is 50.0 Å². The van der Waals surface area contributed by atoms with E-state index in [1.54, 1.807) is 18.4 Å². The summed E-state index contributed by atoms with van der Waals surface area (Å²) in [5.74, 6) is 2.28. The van der Waals surface area contributed by atoms with Crippen molar-refractivity contribution in [2.75, 3.05) is 38.3 Å². The van der Waals surface area contributed by atoms with E-state index in [0.29, 0.717) is 24.7 Å². The fourth-order valence-corrected chi connectivity index (χ4v) is 5.70. The zero-order valence-corrected chi connectivity index (χ0v) is 20.1. The highest BCUT2D eigenvalue weighted by Crippen LogP contribution is 2.41. The monoisotopic (exact) mass is 472 g/mol. The van der Waals surface area contributed by atoms with E-state index in [2.05, 4.69) is 17.9 Å². The van der Waals surface area contributed by atoms with Gasteiger partial charge in [0.2, 0.25) is 0 Å². The third-order valence-corrected chi connectivity index (χ3v) is 7.58. The molecule has 2 aliphatic heterocycles. The lowest BCUT2D eigenvalue weighted by Gasteiger charge is -2.30. The van der Waals surface area contributed by atoms with Gasteiger partial charge in [0.1, 0.15) is 6.61 Å². The van der Waals surface area contributed by atoms with Crippen molar-refractivity contribution < 1.29 is 14.3 Å². The number of benzene rings is 2. The Bertz CT molecular complexity index is 1110. The van der Waals surface area contributed by atoms with Crippen LogP contribution in [-0.4, -0.2) is 44.2 Å². The molecule has 170 valence electrons. The molecule has 0 spiro atoms. The van der Waals surface area contributed by atoms with Gasteiger partial charge in [-0.25, -0.2) is 0 Å². The van der Waals surface area contributed by atoms with Crippen molar-refractivity contribution >= 4 is 45.4 Å². The molecule has 1 fully saturated rings. The molecule has 5 rings (SSSR count). The Kier molecular flexibility index (Phi) is 6.93. The van der Waals surface area contributed by atoms with E-state index in [-0.39, 0.29) is 18.3 Å². The molecule has 1 amide bonds. The molecule has 0 unspecified atom stereocenters. The predicted molar refractivity (Wildman–Crippen MR) is 133 cm³/mol. The molecular weight excluding hydrogens is 444 g/mol. The van der Waals surface area contributed by atoms with Gasteiger partial charge in [-0.1, -0.05) is 25.1 Å². The Morgan fingerprint density at radius 2 is 1.88 bits per heavy atom. The third-order valence-electron chi connectivity index (χ3n) is 6.43. The van der Waals surface area contributed by atoms with Gasteiger partial charge in [-0.15, -0.1) is 23.7 Å². The number of thiophene rings is 1. The number of carbonyl (C=O) groups excluding carboxylic acids is 1. The van der Waals surface area contributed by atoms with Crippen LogP contribution in [0.2, 0.25) is 0 Å². The van der Waals surface area contributed by atoms with Gasteiger partial charge in [-0.2, -0.15) is 0 Å². The van der Waals surface area contributed by atoms with Crippen LogP contribution >= 0.6 is 23.7 Å². The summed E-state index contributed by atoms with van der Waals surface area (Å²) >= 11 is 1.71. The van der Waals surface area contributed by atoms with Crippen LogP contribution in [-0.2, 0) is 6.54 Å². The number of halogens is 1. The lowest BCUT2D eigenvalue weighted by atomic mass is 9.99. The second-order valence-corrected chi connectivity index (χ2v) is 9.63. The maximum absolute atomic E-state index is 13.2. The van der Waals surface area contributed by atoms with Crippen molar-refractivity contribution in [1.82, 2.24) is 4.90 Å². The van der Waals surface area contributed by atoms with Crippen LogP contribution in [0.1, 0.15) is 35.0 Å². The van der Waals surface area contributed by atoms with Crippen molar-refractivity contribution in [1.29, 1.82) is 0 Å². The first-order valence-electron chi connectivity index (χ1n) is 11.0. The molecule has 7 heteroatoms. The van der Waals surface area contributed by atoms with Gasteiger partial charge in [0.25, 0.3) is 5.91 Å². The number of rotatable bonds is 6. The summed E-state index contributed by atoms with van der Waals surface area (Å²) < 4.78 is 12.8. The summed E-state index contributed by atoms with van der Waals surface area (Å²) in [6.45, 7) is 6.73. The van der Waals surface area contributed by atoms with Crippen molar-refractivity contribution in [2.24, 2.45) is 5.92 Å². The van der Waals surface area contributed by atoms with Crippen LogP contribution in [0.4, 0.5) is 5.69 Å². The molecule has 0 radical (unpaired) electrons. The average molecular weight is 473 g/mol. The van der Waals surface area contributed by atoms with E-state index in [4.69, 9.17) is 9.47 Å². The van der Waals surface area contributed by atoms with Crippen molar-refractivity contribution in [2.45, 2.75) is 26.3 Å². The Hall–Kier alpha value is -2.28. The Morgan fingerprint density at radius 1 is 1.09 bits per heavy atom. The SMILES string of the molecule is COc1ccc(N2Cc3sc4ccccc4c3C2=O)cc1OCCN1CCC(C)CC1.Cl. The lowest BCUT2D eigenvalue weighted by Crippen LogP contribution is -2.35. The van der Waals surface area contributed by atoms with E-state index in [9.17, 15) is 4.79 Å². The highest BCUT2D eigenvalue weighted by atomic mass is 35.5. The molecule has 1 aromatic heterocycles. The highest BCUT2D eigenvalue weighted by Gasteiger charge is 2.33. The van der Waals surface area contributed by atoms with Gasteiger partial charge in [0, 0.05) is 33.3 Å². The molecule has 32 heavy (non-hydrogen) atoms. The number of hydrogen-bond acceptors (Lipinski definition) is 5. The van der Waals surface area contributed by atoms with Crippen LogP contribution in [0.25, 0.3) is 10.1 Å². The topological polar surface area (TPSA) is 42.0 Å². The maximum atomic E-state index is 13.2. The molecule has 0 aliphatic carbocycles. The van der Waals surface area contributed by atoms with Gasteiger partial charge < -0.3 is 14.4 Å². The molecule has 0 bridgehead atoms. The van der Waals surface area contributed by atoms with E-state index >= 15 is 0 Å². The molecule has 3 aromatic rings. The van der Waals surface area contributed by atoms with Crippen LogP contribution in [0.3, 0.4) is 0 Å². The number of fused-ring (bicyclic) bond motifs is 3. The first-order chi connectivity index (χ1) is 15.1. The molecule has 2 aromatic carbocycles. The van der Waals surface area contributed by atoms with Gasteiger partial charge in [0.05, 0.1) is 19.2 Å². The summed E-state index contributed by atoms with van der Waals surface area (Å²) in [7, 11) is 1.65. The molecule has 1 saturated heterocycles. The quantitative estimate of drug-likeness (QED) is 0.468. The summed E-state index contributed by atoms with van der Waals surface area (Å²) in [6, 6.07) is 13.9. The highest BCUT2D eigenvalue weighted by molar-refractivity contribution is 7.19. The Balaban J connectivity index is 0.00000245. The average Bonchev–Trinajstić information content (AvgIpc) is 3.31. The molecule has 0 saturated carbocycles. The Morgan fingerprint density at radius 3 is 2.66 bits per heavy atom. The maximum Gasteiger partial charge on any atom is 0.260 e. The van der Waals surface area contributed by atoms with E-state index in [1.165, 1.54) is 17.5 Å². The summed E-state index contributed by atoms with van der Waals surface area (Å²) in [5.41, 5.74) is 1.69. The minimum Gasteiger partial charge on any atom is -0.493 e. The third kappa shape index (κ3) is 4.32. The van der Waals surface area contributed by atoms with E-state index < -0.39 is 0 Å². The first-order valence-corrected chi connectivity index (χ1v) is 11.8. The van der Waals surface area contributed by atoms with Crippen molar-refractivity contribution in [3.63, 3.8) is 0 Å². The molecule has 0 atom stereocenters. The number of piperidine rings is 1. The standard InChI is InChI=1S/C25H28N2O3S.ClH/c1-17-9-11-26(12-10-17)13-14-30-21-15-18(7-8-20(21)29-2)27-16-23-24(25(27)28)19-5-3-4-6-22(19)31-23;/h3-8,15,17H,9-14,16H2,1-2H3;1H. The van der Waals surface area contributed by atoms with Crippen LogP contribution in [0.15, 0.2) is 42.5 Å². The smallest absolute Gasteiger partial charge is 0.260 e. The number of methoxy groups -OCH3 is 1. The largest absolute Gasteiger partial charge is 0.493 e. The molecular formula is C25H29ClN2O3S. The number of likely N-dealkylation sites (tertiary alicyclic amines) is 1. The minimum atomic E-state index is 0. The number of carbonyl (C=O) groups is 1. The molecule has 5 nitrogen and oxygen atoms in total. The summed E-state index contributed by atoms with van der Waals surface area (Å²) in [6.07, 6.45) is 2.52. The van der Waals surface area contributed by atoms with Gasteiger partial charge in [-0.3, -0.25) is 9.69 Å². The van der Waals surface area contributed by atoms with Crippen LogP contribution < -0.4 is 14.4 Å². The predicted octanol–water partition coefficient (Wildman–Crippen LogP) is 5.60. The van der Waals surface area contributed by atoms with Gasteiger partial charge >= 0.3 is 0 Å². The first kappa shape index (κ1) is 22.9. The second-order valence-electron chi connectivity index (χ2n) is 8.50.